The molecule has 0 saturated heterocycles. The molecule has 0 N–H and O–H groups in total. The van der Waals surface area contributed by atoms with Crippen LogP contribution in [0, 0.1) is 11.8 Å². The third kappa shape index (κ3) is 4.32. The Morgan fingerprint density at radius 3 is 2.20 bits per heavy atom. The minimum Gasteiger partial charge on any atom is -0.469 e. The molecule has 2 unspecified atom stereocenters. The Balaban J connectivity index is 4.18. The number of esters is 1. The van der Waals surface area contributed by atoms with E-state index in [1.54, 1.807) is 18.9 Å². The van der Waals surface area contributed by atoms with Crippen LogP contribution < -0.4 is 0 Å². The molecule has 0 aliphatic heterocycles. The van der Waals surface area contributed by atoms with Gasteiger partial charge in [-0.05, 0) is 6.42 Å². The van der Waals surface area contributed by atoms with E-state index in [-0.39, 0.29) is 23.7 Å². The molecule has 2 atom stereocenters. The Hall–Kier alpha value is -1.06. The summed E-state index contributed by atoms with van der Waals surface area (Å²) in [5.41, 5.74) is 0. The Kier molecular flexibility index (Phi) is 5.97. The van der Waals surface area contributed by atoms with Crippen molar-refractivity contribution in [2.24, 2.45) is 11.8 Å². The molecule has 0 radical (unpaired) electrons. The van der Waals surface area contributed by atoms with Crippen LogP contribution in [0.15, 0.2) is 0 Å². The first kappa shape index (κ1) is 13.9. The number of hydrogen-bond donors (Lipinski definition) is 0. The maximum absolute atomic E-state index is 11.7. The molecule has 0 saturated carbocycles. The van der Waals surface area contributed by atoms with Crippen LogP contribution in [0.4, 0.5) is 0 Å². The van der Waals surface area contributed by atoms with Gasteiger partial charge in [-0.3, -0.25) is 9.59 Å². The summed E-state index contributed by atoms with van der Waals surface area (Å²) in [4.78, 5) is 24.4. The Labute approximate surface area is 91.6 Å². The number of amides is 1. The van der Waals surface area contributed by atoms with Crippen molar-refractivity contribution >= 4 is 11.9 Å². The smallest absolute Gasteiger partial charge is 0.310 e. The van der Waals surface area contributed by atoms with Crippen molar-refractivity contribution in [3.05, 3.63) is 0 Å². The number of hydrogen-bond acceptors (Lipinski definition) is 3. The van der Waals surface area contributed by atoms with Gasteiger partial charge in [-0.1, -0.05) is 20.8 Å². The number of carbonyl (C=O) groups excluding carboxylic acids is 2. The maximum atomic E-state index is 11.7. The van der Waals surface area contributed by atoms with E-state index < -0.39 is 0 Å². The molecule has 88 valence electrons. The summed E-state index contributed by atoms with van der Waals surface area (Å²) in [5.74, 6) is -0.458. The summed E-state index contributed by atoms with van der Waals surface area (Å²) in [7, 11) is 3.07. The quantitative estimate of drug-likeness (QED) is 0.649. The topological polar surface area (TPSA) is 46.6 Å². The highest BCUT2D eigenvalue weighted by atomic mass is 16.5. The summed E-state index contributed by atoms with van der Waals surface area (Å²) in [6.07, 6.45) is 0.815. The van der Waals surface area contributed by atoms with E-state index in [0.717, 1.165) is 6.42 Å². The van der Waals surface area contributed by atoms with Gasteiger partial charge in [-0.25, -0.2) is 0 Å². The number of ether oxygens (including phenoxy) is 1. The average Bonchev–Trinajstić information content (AvgIpc) is 2.25. The first-order chi connectivity index (χ1) is 6.93. The van der Waals surface area contributed by atoms with Crippen LogP contribution in [-0.4, -0.2) is 37.5 Å². The van der Waals surface area contributed by atoms with E-state index in [0.29, 0.717) is 6.54 Å². The van der Waals surface area contributed by atoms with Gasteiger partial charge in [0.15, 0.2) is 0 Å². The van der Waals surface area contributed by atoms with Crippen LogP contribution in [-0.2, 0) is 14.3 Å². The molecule has 0 aliphatic rings. The molecule has 0 aromatic heterocycles. The lowest BCUT2D eigenvalue weighted by Crippen LogP contribution is -2.37. The van der Waals surface area contributed by atoms with E-state index in [1.807, 2.05) is 13.8 Å². The third-order valence-electron chi connectivity index (χ3n) is 2.56. The second-order valence-electron chi connectivity index (χ2n) is 3.95. The monoisotopic (exact) mass is 215 g/mol. The van der Waals surface area contributed by atoms with Crippen molar-refractivity contribution in [2.75, 3.05) is 20.7 Å². The minimum absolute atomic E-state index is 0.0137. The SMILES string of the molecule is CCC(C)C(=O)N(C)CC(C)C(=O)OC. The molecule has 0 heterocycles. The predicted octanol–water partition coefficient (Wildman–Crippen LogP) is 1.30. The molecular weight excluding hydrogens is 194 g/mol. The predicted molar refractivity (Wildman–Crippen MR) is 58.3 cm³/mol. The van der Waals surface area contributed by atoms with Gasteiger partial charge in [0.25, 0.3) is 0 Å². The highest BCUT2D eigenvalue weighted by Crippen LogP contribution is 2.08. The standard InChI is InChI=1S/C11H21NO3/c1-6-8(2)10(13)12(4)7-9(3)11(14)15-5/h8-9H,6-7H2,1-5H3. The molecule has 0 aromatic rings. The minimum atomic E-state index is -0.279. The van der Waals surface area contributed by atoms with Crippen molar-refractivity contribution in [3.63, 3.8) is 0 Å². The van der Waals surface area contributed by atoms with Crippen LogP contribution in [0.1, 0.15) is 27.2 Å². The van der Waals surface area contributed by atoms with Crippen LogP contribution in [0.3, 0.4) is 0 Å². The number of nitrogens with zero attached hydrogens (tertiary/aromatic N) is 1. The second-order valence-corrected chi connectivity index (χ2v) is 3.95. The molecule has 0 bridgehead atoms. The zero-order valence-electron chi connectivity index (χ0n) is 10.2. The molecule has 0 spiro atoms. The van der Waals surface area contributed by atoms with Gasteiger partial charge in [-0.2, -0.15) is 0 Å². The van der Waals surface area contributed by atoms with Gasteiger partial charge >= 0.3 is 5.97 Å². The molecule has 0 fully saturated rings. The van der Waals surface area contributed by atoms with E-state index >= 15 is 0 Å². The summed E-state index contributed by atoms with van der Waals surface area (Å²) in [6, 6.07) is 0. The maximum Gasteiger partial charge on any atom is 0.310 e. The summed E-state index contributed by atoms with van der Waals surface area (Å²) in [5, 5.41) is 0. The van der Waals surface area contributed by atoms with Crippen LogP contribution in [0.5, 0.6) is 0 Å². The third-order valence-corrected chi connectivity index (χ3v) is 2.56. The van der Waals surface area contributed by atoms with E-state index in [2.05, 4.69) is 4.74 Å². The van der Waals surface area contributed by atoms with Crippen molar-refractivity contribution in [3.8, 4) is 0 Å². The zero-order chi connectivity index (χ0) is 12.0. The first-order valence-electron chi connectivity index (χ1n) is 5.26. The van der Waals surface area contributed by atoms with Crippen molar-refractivity contribution in [2.45, 2.75) is 27.2 Å². The van der Waals surface area contributed by atoms with Gasteiger partial charge in [-0.15, -0.1) is 0 Å². The van der Waals surface area contributed by atoms with Crippen molar-refractivity contribution in [1.29, 1.82) is 0 Å². The van der Waals surface area contributed by atoms with Gasteiger partial charge in [0.2, 0.25) is 5.91 Å². The summed E-state index contributed by atoms with van der Waals surface area (Å²) >= 11 is 0. The first-order valence-corrected chi connectivity index (χ1v) is 5.26. The molecule has 4 nitrogen and oxygen atoms in total. The largest absolute Gasteiger partial charge is 0.469 e. The molecule has 0 aliphatic carbocycles. The van der Waals surface area contributed by atoms with E-state index in [9.17, 15) is 9.59 Å². The van der Waals surface area contributed by atoms with Gasteiger partial charge in [0.1, 0.15) is 0 Å². The fraction of sp³-hybridized carbons (Fsp3) is 0.818. The molecule has 15 heavy (non-hydrogen) atoms. The number of rotatable bonds is 5. The number of methoxy groups -OCH3 is 1. The number of carbonyl (C=O) groups is 2. The zero-order valence-corrected chi connectivity index (χ0v) is 10.2. The summed E-state index contributed by atoms with van der Waals surface area (Å²) < 4.78 is 4.60. The highest BCUT2D eigenvalue weighted by Gasteiger charge is 2.21. The lowest BCUT2D eigenvalue weighted by atomic mass is 10.1. The Morgan fingerprint density at radius 1 is 1.27 bits per heavy atom. The van der Waals surface area contributed by atoms with Crippen molar-refractivity contribution < 1.29 is 14.3 Å². The average molecular weight is 215 g/mol. The lowest BCUT2D eigenvalue weighted by molar-refractivity contribution is -0.146. The second kappa shape index (κ2) is 6.43. The molecule has 0 aromatic carbocycles. The lowest BCUT2D eigenvalue weighted by Gasteiger charge is -2.23. The van der Waals surface area contributed by atoms with Gasteiger partial charge < -0.3 is 9.64 Å². The molecule has 1 amide bonds. The fourth-order valence-electron chi connectivity index (χ4n) is 1.33. The fourth-order valence-corrected chi connectivity index (χ4v) is 1.33. The van der Waals surface area contributed by atoms with Crippen molar-refractivity contribution in [1.82, 2.24) is 4.90 Å². The van der Waals surface area contributed by atoms with Gasteiger partial charge in [0, 0.05) is 19.5 Å². The van der Waals surface area contributed by atoms with Gasteiger partial charge in [0.05, 0.1) is 13.0 Å². The molecular formula is C11H21NO3. The highest BCUT2D eigenvalue weighted by molar-refractivity contribution is 5.79. The molecule has 4 heteroatoms. The van der Waals surface area contributed by atoms with Crippen LogP contribution in [0.2, 0.25) is 0 Å². The van der Waals surface area contributed by atoms with Crippen LogP contribution >= 0.6 is 0 Å². The van der Waals surface area contributed by atoms with E-state index in [1.165, 1.54) is 7.11 Å². The molecule has 0 rings (SSSR count). The Morgan fingerprint density at radius 2 is 1.80 bits per heavy atom. The van der Waals surface area contributed by atoms with E-state index in [4.69, 9.17) is 0 Å². The normalized spacial score (nSPS) is 14.2. The Bertz CT molecular complexity index is 228. The van der Waals surface area contributed by atoms with Crippen LogP contribution in [0.25, 0.3) is 0 Å². The summed E-state index contributed by atoms with van der Waals surface area (Å²) in [6.45, 7) is 6.03.